The van der Waals surface area contributed by atoms with Gasteiger partial charge in [0.25, 0.3) is 10.0 Å². The molecule has 0 fully saturated rings. The van der Waals surface area contributed by atoms with Crippen LogP contribution in [0.15, 0.2) is 10.4 Å². The molecule has 1 aromatic rings. The minimum atomic E-state index is -3.44. The molecule has 0 bridgehead atoms. The molecular weight excluding hydrogens is 316 g/mol. The molecule has 4 nitrogen and oxygen atoms in total. The standard InChI is InChI=1S/C13H23ClN2O2S2/c1-3-5-7-9-16(10-8-6-4-2)20(17,18)12-11-15-13(14)19-12/h11H,3-10H2,1-2H3. The Morgan fingerprint density at radius 2 is 1.70 bits per heavy atom. The van der Waals surface area contributed by atoms with E-state index in [0.717, 1.165) is 49.9 Å². The highest BCUT2D eigenvalue weighted by Gasteiger charge is 2.25. The maximum absolute atomic E-state index is 12.6. The number of halogens is 1. The Bertz CT molecular complexity index is 478. The van der Waals surface area contributed by atoms with Gasteiger partial charge in [-0.25, -0.2) is 13.4 Å². The smallest absolute Gasteiger partial charge is 0.232 e. The quantitative estimate of drug-likeness (QED) is 0.602. The van der Waals surface area contributed by atoms with Crippen LogP contribution in [-0.2, 0) is 10.0 Å². The molecule has 0 aliphatic rings. The molecule has 0 aromatic carbocycles. The summed E-state index contributed by atoms with van der Waals surface area (Å²) < 4.78 is 27.2. The normalized spacial score (nSPS) is 12.2. The SMILES string of the molecule is CCCCCN(CCCCC)S(=O)(=O)c1cnc(Cl)s1. The van der Waals surface area contributed by atoms with Gasteiger partial charge in [0.1, 0.15) is 0 Å². The zero-order chi connectivity index (χ0) is 15.0. The van der Waals surface area contributed by atoms with Gasteiger partial charge in [0.05, 0.1) is 6.20 Å². The van der Waals surface area contributed by atoms with E-state index in [-0.39, 0.29) is 8.68 Å². The Morgan fingerprint density at radius 3 is 2.10 bits per heavy atom. The molecule has 20 heavy (non-hydrogen) atoms. The minimum absolute atomic E-state index is 0.246. The number of sulfonamides is 1. The summed E-state index contributed by atoms with van der Waals surface area (Å²) in [5.41, 5.74) is 0. The molecule has 0 N–H and O–H groups in total. The van der Waals surface area contributed by atoms with Crippen LogP contribution >= 0.6 is 22.9 Å². The van der Waals surface area contributed by atoms with E-state index in [2.05, 4.69) is 18.8 Å². The summed E-state index contributed by atoms with van der Waals surface area (Å²) in [6.07, 6.45) is 7.40. The predicted octanol–water partition coefficient (Wildman–Crippen LogP) is 4.17. The summed E-state index contributed by atoms with van der Waals surface area (Å²) >= 11 is 6.78. The van der Waals surface area contributed by atoms with Crippen molar-refractivity contribution in [3.8, 4) is 0 Å². The van der Waals surface area contributed by atoms with Gasteiger partial charge in [0, 0.05) is 13.1 Å². The summed E-state index contributed by atoms with van der Waals surface area (Å²) in [5.74, 6) is 0. The molecule has 0 saturated heterocycles. The van der Waals surface area contributed by atoms with Crippen molar-refractivity contribution in [2.24, 2.45) is 0 Å². The van der Waals surface area contributed by atoms with Gasteiger partial charge >= 0.3 is 0 Å². The largest absolute Gasteiger partial charge is 0.254 e. The number of unbranched alkanes of at least 4 members (excludes halogenated alkanes) is 4. The maximum Gasteiger partial charge on any atom is 0.254 e. The Hall–Kier alpha value is -0.170. The lowest BCUT2D eigenvalue weighted by atomic mass is 10.2. The molecule has 0 amide bonds. The second kappa shape index (κ2) is 8.97. The highest BCUT2D eigenvalue weighted by Crippen LogP contribution is 2.26. The Balaban J connectivity index is 2.78. The fourth-order valence-electron chi connectivity index (χ4n) is 1.91. The molecule has 0 saturated carbocycles. The third kappa shape index (κ3) is 5.31. The fourth-order valence-corrected chi connectivity index (χ4v) is 4.88. The summed E-state index contributed by atoms with van der Waals surface area (Å²) in [4.78, 5) is 3.84. The molecule has 1 heterocycles. The van der Waals surface area contributed by atoms with Crippen LogP contribution in [0.3, 0.4) is 0 Å². The first-order valence-electron chi connectivity index (χ1n) is 7.13. The zero-order valence-corrected chi connectivity index (χ0v) is 14.5. The molecular formula is C13H23ClN2O2S2. The molecule has 0 aliphatic carbocycles. The van der Waals surface area contributed by atoms with Crippen molar-refractivity contribution < 1.29 is 8.42 Å². The first kappa shape index (κ1) is 17.9. The maximum atomic E-state index is 12.6. The van der Waals surface area contributed by atoms with Gasteiger partial charge in [-0.05, 0) is 12.8 Å². The molecule has 1 aromatic heterocycles. The van der Waals surface area contributed by atoms with E-state index < -0.39 is 10.0 Å². The average Bonchev–Trinajstić information content (AvgIpc) is 2.84. The molecule has 0 radical (unpaired) electrons. The second-order valence-corrected chi connectivity index (χ2v) is 8.53. The van der Waals surface area contributed by atoms with Gasteiger partial charge in [-0.2, -0.15) is 4.31 Å². The Kier molecular flexibility index (Phi) is 8.02. The van der Waals surface area contributed by atoms with Gasteiger partial charge in [-0.3, -0.25) is 0 Å². The first-order chi connectivity index (χ1) is 9.52. The summed E-state index contributed by atoms with van der Waals surface area (Å²) in [6.45, 7) is 5.38. The van der Waals surface area contributed by atoms with Gasteiger partial charge < -0.3 is 0 Å². The molecule has 7 heteroatoms. The number of nitrogens with zero attached hydrogens (tertiary/aromatic N) is 2. The molecule has 0 unspecified atom stereocenters. The molecule has 0 atom stereocenters. The van der Waals surface area contributed by atoms with Crippen LogP contribution in [0.4, 0.5) is 0 Å². The van der Waals surface area contributed by atoms with Crippen molar-refractivity contribution in [1.29, 1.82) is 0 Å². The third-order valence-corrected chi connectivity index (χ3v) is 6.52. The van der Waals surface area contributed by atoms with E-state index in [9.17, 15) is 8.42 Å². The molecule has 0 spiro atoms. The zero-order valence-electron chi connectivity index (χ0n) is 12.1. The van der Waals surface area contributed by atoms with Gasteiger partial charge in [0.2, 0.25) is 0 Å². The fraction of sp³-hybridized carbons (Fsp3) is 0.769. The minimum Gasteiger partial charge on any atom is -0.232 e. The number of thiazole rings is 1. The van der Waals surface area contributed by atoms with Crippen molar-refractivity contribution >= 4 is 33.0 Å². The van der Waals surface area contributed by atoms with Crippen molar-refractivity contribution in [3.05, 3.63) is 10.7 Å². The van der Waals surface area contributed by atoms with Crippen LogP contribution in [0.2, 0.25) is 4.47 Å². The Labute approximate surface area is 131 Å². The average molecular weight is 339 g/mol. The molecule has 0 aliphatic heterocycles. The van der Waals surface area contributed by atoms with Crippen LogP contribution in [-0.4, -0.2) is 30.8 Å². The summed E-state index contributed by atoms with van der Waals surface area (Å²) in [7, 11) is -3.44. The lowest BCUT2D eigenvalue weighted by Crippen LogP contribution is -2.32. The van der Waals surface area contributed by atoms with Crippen molar-refractivity contribution in [1.82, 2.24) is 9.29 Å². The van der Waals surface area contributed by atoms with E-state index in [4.69, 9.17) is 11.6 Å². The van der Waals surface area contributed by atoms with Gasteiger partial charge in [-0.15, -0.1) is 0 Å². The highest BCUT2D eigenvalue weighted by atomic mass is 35.5. The highest BCUT2D eigenvalue weighted by molar-refractivity contribution is 7.91. The van der Waals surface area contributed by atoms with Crippen LogP contribution in [0, 0.1) is 0 Å². The second-order valence-electron chi connectivity index (χ2n) is 4.75. The first-order valence-corrected chi connectivity index (χ1v) is 9.77. The predicted molar refractivity (Wildman–Crippen MR) is 84.9 cm³/mol. The van der Waals surface area contributed by atoms with Gasteiger partial charge in [-0.1, -0.05) is 62.5 Å². The molecule has 1 rings (SSSR count). The number of hydrogen-bond acceptors (Lipinski definition) is 4. The van der Waals surface area contributed by atoms with Crippen LogP contribution in [0.25, 0.3) is 0 Å². The van der Waals surface area contributed by atoms with Crippen molar-refractivity contribution in [3.63, 3.8) is 0 Å². The van der Waals surface area contributed by atoms with Crippen LogP contribution < -0.4 is 0 Å². The monoisotopic (exact) mass is 338 g/mol. The van der Waals surface area contributed by atoms with E-state index in [0.29, 0.717) is 13.1 Å². The van der Waals surface area contributed by atoms with Crippen molar-refractivity contribution in [2.75, 3.05) is 13.1 Å². The topological polar surface area (TPSA) is 50.3 Å². The van der Waals surface area contributed by atoms with Crippen LogP contribution in [0.5, 0.6) is 0 Å². The lowest BCUT2D eigenvalue weighted by Gasteiger charge is -2.21. The third-order valence-electron chi connectivity index (χ3n) is 3.07. The van der Waals surface area contributed by atoms with E-state index in [1.807, 2.05) is 0 Å². The molecule has 116 valence electrons. The number of rotatable bonds is 10. The number of aromatic nitrogens is 1. The van der Waals surface area contributed by atoms with Crippen molar-refractivity contribution in [2.45, 2.75) is 56.6 Å². The lowest BCUT2D eigenvalue weighted by molar-refractivity contribution is 0.389. The van der Waals surface area contributed by atoms with E-state index in [1.54, 1.807) is 4.31 Å². The van der Waals surface area contributed by atoms with Gasteiger partial charge in [0.15, 0.2) is 8.68 Å². The van der Waals surface area contributed by atoms with Crippen LogP contribution in [0.1, 0.15) is 52.4 Å². The summed E-state index contributed by atoms with van der Waals surface area (Å²) in [6, 6.07) is 0. The number of hydrogen-bond donors (Lipinski definition) is 0. The summed E-state index contributed by atoms with van der Waals surface area (Å²) in [5, 5.41) is 0. The van der Waals surface area contributed by atoms with E-state index in [1.165, 1.54) is 6.20 Å². The Morgan fingerprint density at radius 1 is 1.15 bits per heavy atom. The van der Waals surface area contributed by atoms with E-state index >= 15 is 0 Å².